The van der Waals surface area contributed by atoms with Crippen molar-refractivity contribution < 1.29 is 0 Å². The van der Waals surface area contributed by atoms with Crippen molar-refractivity contribution in [3.05, 3.63) is 45.8 Å². The van der Waals surface area contributed by atoms with E-state index in [4.69, 9.17) is 0 Å². The second kappa shape index (κ2) is 5.19. The lowest BCUT2D eigenvalue weighted by Gasteiger charge is -2.11. The van der Waals surface area contributed by atoms with Crippen LogP contribution in [0.4, 0.5) is 0 Å². The van der Waals surface area contributed by atoms with Crippen LogP contribution in [0.2, 0.25) is 0 Å². The molecule has 0 radical (unpaired) electrons. The second-order valence-corrected chi connectivity index (χ2v) is 5.60. The van der Waals surface area contributed by atoms with E-state index in [0.29, 0.717) is 10.7 Å². The first-order valence-electron chi connectivity index (χ1n) is 6.09. The number of nitrogens with zero attached hydrogens (tertiary/aromatic N) is 2. The Labute approximate surface area is 117 Å². The van der Waals surface area contributed by atoms with Gasteiger partial charge in [0.05, 0.1) is 5.69 Å². The molecule has 0 fully saturated rings. The minimum Gasteiger partial charge on any atom is -0.227 e. The predicted octanol–water partition coefficient (Wildman–Crippen LogP) is 4.65. The van der Waals surface area contributed by atoms with E-state index in [0.717, 1.165) is 11.4 Å². The van der Waals surface area contributed by atoms with E-state index in [-0.39, 0.29) is 0 Å². The Morgan fingerprint density at radius 2 is 1.78 bits per heavy atom. The van der Waals surface area contributed by atoms with Crippen LogP contribution in [-0.4, -0.2) is 9.97 Å². The average molecular weight is 305 g/mol. The van der Waals surface area contributed by atoms with Gasteiger partial charge in [-0.25, -0.2) is 9.97 Å². The highest BCUT2D eigenvalue weighted by Crippen LogP contribution is 2.27. The summed E-state index contributed by atoms with van der Waals surface area (Å²) in [6.07, 6.45) is 0. The maximum Gasteiger partial charge on any atom is 0.197 e. The highest BCUT2D eigenvalue weighted by molar-refractivity contribution is 9.10. The van der Waals surface area contributed by atoms with Crippen LogP contribution in [0.3, 0.4) is 0 Å². The largest absolute Gasteiger partial charge is 0.227 e. The third-order valence-corrected chi connectivity index (χ3v) is 3.39. The molecule has 94 valence electrons. The fourth-order valence-electron chi connectivity index (χ4n) is 1.94. The highest BCUT2D eigenvalue weighted by atomic mass is 79.9. The van der Waals surface area contributed by atoms with Crippen molar-refractivity contribution in [2.75, 3.05) is 0 Å². The van der Waals surface area contributed by atoms with Crippen molar-refractivity contribution in [3.63, 3.8) is 0 Å². The Balaban J connectivity index is 2.58. The van der Waals surface area contributed by atoms with E-state index in [9.17, 15) is 0 Å². The molecule has 0 spiro atoms. The van der Waals surface area contributed by atoms with Gasteiger partial charge in [0.1, 0.15) is 0 Å². The van der Waals surface area contributed by atoms with Crippen molar-refractivity contribution in [1.82, 2.24) is 9.97 Å². The Morgan fingerprint density at radius 3 is 2.39 bits per heavy atom. The first-order valence-corrected chi connectivity index (χ1v) is 6.89. The molecule has 0 aliphatic carbocycles. The van der Waals surface area contributed by atoms with Crippen LogP contribution in [0.5, 0.6) is 0 Å². The van der Waals surface area contributed by atoms with Crippen molar-refractivity contribution in [2.45, 2.75) is 33.6 Å². The number of hydrogen-bond donors (Lipinski definition) is 0. The lowest BCUT2D eigenvalue weighted by atomic mass is 9.96. The highest BCUT2D eigenvalue weighted by Gasteiger charge is 2.08. The van der Waals surface area contributed by atoms with Gasteiger partial charge in [0.2, 0.25) is 0 Å². The SMILES string of the molecule is Cc1cc(-c2cc(C(C)C)ccc2C)nc(Br)n1. The summed E-state index contributed by atoms with van der Waals surface area (Å²) >= 11 is 3.36. The molecule has 2 nitrogen and oxygen atoms in total. The maximum absolute atomic E-state index is 4.47. The molecule has 1 heterocycles. The van der Waals surface area contributed by atoms with E-state index in [1.807, 2.05) is 13.0 Å². The van der Waals surface area contributed by atoms with E-state index in [1.165, 1.54) is 16.7 Å². The van der Waals surface area contributed by atoms with Gasteiger partial charge in [-0.15, -0.1) is 0 Å². The van der Waals surface area contributed by atoms with Gasteiger partial charge in [0.25, 0.3) is 0 Å². The van der Waals surface area contributed by atoms with Crippen LogP contribution in [0.25, 0.3) is 11.3 Å². The molecule has 0 N–H and O–H groups in total. The minimum atomic E-state index is 0.524. The topological polar surface area (TPSA) is 25.8 Å². The van der Waals surface area contributed by atoms with Gasteiger partial charge in [-0.05, 0) is 59.0 Å². The molecule has 2 rings (SSSR count). The molecule has 18 heavy (non-hydrogen) atoms. The summed E-state index contributed by atoms with van der Waals surface area (Å²) in [7, 11) is 0. The molecule has 0 aliphatic heterocycles. The first kappa shape index (κ1) is 13.2. The molecular formula is C15H17BrN2. The molecule has 1 aromatic carbocycles. The molecule has 0 amide bonds. The van der Waals surface area contributed by atoms with Crippen LogP contribution >= 0.6 is 15.9 Å². The van der Waals surface area contributed by atoms with E-state index in [2.05, 4.69) is 64.9 Å². The fraction of sp³-hybridized carbons (Fsp3) is 0.333. The van der Waals surface area contributed by atoms with Gasteiger partial charge in [0, 0.05) is 11.3 Å². The third kappa shape index (κ3) is 2.78. The average Bonchev–Trinajstić information content (AvgIpc) is 2.27. The Kier molecular flexibility index (Phi) is 3.81. The number of hydrogen-bond acceptors (Lipinski definition) is 2. The van der Waals surface area contributed by atoms with Crippen molar-refractivity contribution >= 4 is 15.9 Å². The Morgan fingerprint density at radius 1 is 1.06 bits per heavy atom. The van der Waals surface area contributed by atoms with Crippen molar-refractivity contribution in [1.29, 1.82) is 0 Å². The first-order chi connectivity index (χ1) is 8.47. The van der Waals surface area contributed by atoms with Gasteiger partial charge < -0.3 is 0 Å². The summed E-state index contributed by atoms with van der Waals surface area (Å²) < 4.78 is 0.645. The molecule has 3 heteroatoms. The maximum atomic E-state index is 4.47. The van der Waals surface area contributed by atoms with Crippen LogP contribution in [0, 0.1) is 13.8 Å². The Hall–Kier alpha value is -1.22. The summed E-state index contributed by atoms with van der Waals surface area (Å²) in [6, 6.07) is 8.61. The van der Waals surface area contributed by atoms with Crippen LogP contribution in [0.15, 0.2) is 29.0 Å². The van der Waals surface area contributed by atoms with Crippen LogP contribution in [0.1, 0.15) is 36.6 Å². The quantitative estimate of drug-likeness (QED) is 0.755. The summed E-state index contributed by atoms with van der Waals surface area (Å²) in [6.45, 7) is 8.51. The molecule has 2 aromatic rings. The van der Waals surface area contributed by atoms with Gasteiger partial charge in [-0.2, -0.15) is 0 Å². The van der Waals surface area contributed by atoms with Gasteiger partial charge in [-0.1, -0.05) is 26.0 Å². The smallest absolute Gasteiger partial charge is 0.197 e. The molecule has 0 unspecified atom stereocenters. The molecule has 0 saturated carbocycles. The third-order valence-electron chi connectivity index (χ3n) is 3.03. The van der Waals surface area contributed by atoms with E-state index >= 15 is 0 Å². The summed E-state index contributed by atoms with van der Waals surface area (Å²) in [5, 5.41) is 0. The summed E-state index contributed by atoms with van der Waals surface area (Å²) in [5.41, 5.74) is 5.72. The van der Waals surface area contributed by atoms with Gasteiger partial charge in [0.15, 0.2) is 4.73 Å². The number of benzene rings is 1. The fourth-order valence-corrected chi connectivity index (χ4v) is 2.42. The van der Waals surface area contributed by atoms with Gasteiger partial charge >= 0.3 is 0 Å². The molecule has 0 aliphatic rings. The predicted molar refractivity (Wildman–Crippen MR) is 78.7 cm³/mol. The monoisotopic (exact) mass is 304 g/mol. The Bertz CT molecular complexity index is 556. The molecule has 1 aromatic heterocycles. The minimum absolute atomic E-state index is 0.524. The lowest BCUT2D eigenvalue weighted by molar-refractivity contribution is 0.866. The molecule has 0 bridgehead atoms. The van der Waals surface area contributed by atoms with Gasteiger partial charge in [-0.3, -0.25) is 0 Å². The summed E-state index contributed by atoms with van der Waals surface area (Å²) in [4.78, 5) is 8.72. The number of aromatic nitrogens is 2. The number of aryl methyl sites for hydroxylation is 2. The zero-order chi connectivity index (χ0) is 13.3. The molecule has 0 atom stereocenters. The van der Waals surface area contributed by atoms with Crippen molar-refractivity contribution in [3.8, 4) is 11.3 Å². The standard InChI is InChI=1S/C15H17BrN2/c1-9(2)12-6-5-10(3)13(8-12)14-7-11(4)17-15(16)18-14/h5-9H,1-4H3. The number of halogens is 1. The zero-order valence-electron chi connectivity index (χ0n) is 11.2. The molecular weight excluding hydrogens is 288 g/mol. The normalized spacial score (nSPS) is 11.0. The second-order valence-electron chi connectivity index (χ2n) is 4.89. The summed E-state index contributed by atoms with van der Waals surface area (Å²) in [5.74, 6) is 0.524. The molecule has 0 saturated heterocycles. The van der Waals surface area contributed by atoms with Crippen LogP contribution in [-0.2, 0) is 0 Å². The zero-order valence-corrected chi connectivity index (χ0v) is 12.7. The number of rotatable bonds is 2. The van der Waals surface area contributed by atoms with Crippen molar-refractivity contribution in [2.24, 2.45) is 0 Å². The van der Waals surface area contributed by atoms with E-state index in [1.54, 1.807) is 0 Å². The van der Waals surface area contributed by atoms with Crippen LogP contribution < -0.4 is 0 Å². The lowest BCUT2D eigenvalue weighted by Crippen LogP contribution is -1.95. The van der Waals surface area contributed by atoms with E-state index < -0.39 is 0 Å².